The highest BCUT2D eigenvalue weighted by Gasteiger charge is 2.32. The summed E-state index contributed by atoms with van der Waals surface area (Å²) < 4.78 is 35.7. The Bertz CT molecular complexity index is 1290. The number of nitrogens with zero attached hydrogens (tertiary/aromatic N) is 3. The largest absolute Gasteiger partial charge is 0.497 e. The van der Waals surface area contributed by atoms with Crippen LogP contribution in [0.15, 0.2) is 58.4 Å². The van der Waals surface area contributed by atoms with Crippen LogP contribution in [-0.2, 0) is 21.4 Å². The molecule has 2 heterocycles. The predicted molar refractivity (Wildman–Crippen MR) is 133 cm³/mol. The second-order valence-corrected chi connectivity index (χ2v) is 11.7. The fraction of sp³-hybridized carbons (Fsp3) is 0.391. The Labute approximate surface area is 202 Å². The summed E-state index contributed by atoms with van der Waals surface area (Å²) in [5, 5.41) is 0. The summed E-state index contributed by atoms with van der Waals surface area (Å²) in [4.78, 5) is 18.4. The standard InChI is InChI=1S/C23H27N3O4S3/c1-30-18-7-9-19(10-8-18)33(28,29)25-13-11-17(12-14-25)22(27)24-23-26(15-16-31-2)20-5-3-4-6-21(20)32-23/h3-10,17H,11-16H2,1-2H3. The van der Waals surface area contributed by atoms with E-state index in [-0.39, 0.29) is 16.7 Å². The highest BCUT2D eigenvalue weighted by atomic mass is 32.2. The Morgan fingerprint density at radius 3 is 2.52 bits per heavy atom. The third-order valence-electron chi connectivity index (χ3n) is 5.81. The van der Waals surface area contributed by atoms with E-state index >= 15 is 0 Å². The first-order valence-electron chi connectivity index (χ1n) is 10.7. The summed E-state index contributed by atoms with van der Waals surface area (Å²) in [6, 6.07) is 14.5. The molecule has 0 radical (unpaired) electrons. The summed E-state index contributed by atoms with van der Waals surface area (Å²) in [5.74, 6) is 1.10. The molecule has 7 nitrogen and oxygen atoms in total. The van der Waals surface area contributed by atoms with Crippen LogP contribution in [0.5, 0.6) is 5.75 Å². The van der Waals surface area contributed by atoms with Gasteiger partial charge in [-0.3, -0.25) is 4.79 Å². The number of rotatable bonds is 7. The van der Waals surface area contributed by atoms with Crippen LogP contribution in [0, 0.1) is 5.92 Å². The first kappa shape index (κ1) is 24.0. The molecule has 0 unspecified atom stereocenters. The minimum atomic E-state index is -3.60. The molecule has 10 heteroatoms. The number of benzene rings is 2. The van der Waals surface area contributed by atoms with Crippen LogP contribution in [0.3, 0.4) is 0 Å². The quantitative estimate of drug-likeness (QED) is 0.490. The summed E-state index contributed by atoms with van der Waals surface area (Å²) in [6.07, 6.45) is 2.99. The molecule has 1 fully saturated rings. The number of aromatic nitrogens is 1. The topological polar surface area (TPSA) is 81.0 Å². The third kappa shape index (κ3) is 5.18. The van der Waals surface area contributed by atoms with Gasteiger partial charge in [0.05, 0.1) is 22.2 Å². The van der Waals surface area contributed by atoms with E-state index in [0.717, 1.165) is 22.5 Å². The monoisotopic (exact) mass is 505 g/mol. The fourth-order valence-corrected chi connectivity index (χ4v) is 6.83. The maximum Gasteiger partial charge on any atom is 0.251 e. The molecule has 0 atom stereocenters. The van der Waals surface area contributed by atoms with Gasteiger partial charge in [-0.15, -0.1) is 0 Å². The van der Waals surface area contributed by atoms with Gasteiger partial charge in [0.25, 0.3) is 5.91 Å². The van der Waals surface area contributed by atoms with Gasteiger partial charge in [-0.05, 0) is 55.5 Å². The normalized spacial score (nSPS) is 16.4. The van der Waals surface area contributed by atoms with Crippen molar-refractivity contribution in [3.63, 3.8) is 0 Å². The van der Waals surface area contributed by atoms with Crippen LogP contribution < -0.4 is 9.54 Å². The van der Waals surface area contributed by atoms with Gasteiger partial charge in [0.15, 0.2) is 4.80 Å². The minimum absolute atomic E-state index is 0.166. The van der Waals surface area contributed by atoms with E-state index < -0.39 is 10.0 Å². The molecule has 0 spiro atoms. The molecule has 1 saturated heterocycles. The molecular weight excluding hydrogens is 478 g/mol. The Morgan fingerprint density at radius 1 is 1.15 bits per heavy atom. The second kappa shape index (κ2) is 10.4. The number of piperidine rings is 1. The molecular formula is C23H27N3O4S3. The van der Waals surface area contributed by atoms with Crippen molar-refractivity contribution in [3.05, 3.63) is 53.3 Å². The number of hydrogen-bond donors (Lipinski definition) is 0. The highest BCUT2D eigenvalue weighted by molar-refractivity contribution is 7.98. The van der Waals surface area contributed by atoms with Crippen molar-refractivity contribution in [1.29, 1.82) is 0 Å². The van der Waals surface area contributed by atoms with Gasteiger partial charge in [0.1, 0.15) is 5.75 Å². The number of amides is 1. The van der Waals surface area contributed by atoms with Crippen LogP contribution in [0.2, 0.25) is 0 Å². The Morgan fingerprint density at radius 2 is 1.85 bits per heavy atom. The molecule has 0 aliphatic carbocycles. The third-order valence-corrected chi connectivity index (χ3v) is 9.38. The maximum absolute atomic E-state index is 13.0. The zero-order valence-electron chi connectivity index (χ0n) is 18.6. The van der Waals surface area contributed by atoms with Crippen molar-refractivity contribution in [2.45, 2.75) is 24.3 Å². The second-order valence-electron chi connectivity index (χ2n) is 7.80. The number of carbonyl (C=O) groups is 1. The van der Waals surface area contributed by atoms with Gasteiger partial charge in [0, 0.05) is 31.3 Å². The van der Waals surface area contributed by atoms with Crippen molar-refractivity contribution < 1.29 is 17.9 Å². The molecule has 0 N–H and O–H groups in total. The van der Waals surface area contributed by atoms with Gasteiger partial charge in [-0.1, -0.05) is 23.5 Å². The molecule has 1 amide bonds. The summed E-state index contributed by atoms with van der Waals surface area (Å²) >= 11 is 3.28. The average molecular weight is 506 g/mol. The van der Waals surface area contributed by atoms with Gasteiger partial charge >= 0.3 is 0 Å². The molecule has 33 heavy (non-hydrogen) atoms. The van der Waals surface area contributed by atoms with Crippen LogP contribution in [-0.4, -0.2) is 55.4 Å². The van der Waals surface area contributed by atoms with Crippen molar-refractivity contribution in [3.8, 4) is 5.75 Å². The zero-order valence-corrected chi connectivity index (χ0v) is 21.1. The summed E-state index contributed by atoms with van der Waals surface area (Å²) in [6.45, 7) is 1.40. The minimum Gasteiger partial charge on any atom is -0.497 e. The Hall–Kier alpha value is -2.14. The number of thioether (sulfide) groups is 1. The van der Waals surface area contributed by atoms with E-state index in [1.54, 1.807) is 43.1 Å². The number of thiazole rings is 1. The van der Waals surface area contributed by atoms with Crippen molar-refractivity contribution in [1.82, 2.24) is 8.87 Å². The highest BCUT2D eigenvalue weighted by Crippen LogP contribution is 2.26. The molecule has 176 valence electrons. The van der Waals surface area contributed by atoms with E-state index in [9.17, 15) is 13.2 Å². The molecule has 4 rings (SSSR count). The lowest BCUT2D eigenvalue weighted by atomic mass is 9.98. The van der Waals surface area contributed by atoms with E-state index in [1.807, 2.05) is 18.2 Å². The average Bonchev–Trinajstić information content (AvgIpc) is 3.19. The lowest BCUT2D eigenvalue weighted by molar-refractivity contribution is -0.122. The molecule has 0 saturated carbocycles. The van der Waals surface area contributed by atoms with E-state index in [1.165, 1.54) is 15.6 Å². The van der Waals surface area contributed by atoms with Gasteiger partial charge in [-0.25, -0.2) is 8.42 Å². The molecule has 0 bridgehead atoms. The predicted octanol–water partition coefficient (Wildman–Crippen LogP) is 3.60. The van der Waals surface area contributed by atoms with Crippen LogP contribution >= 0.6 is 23.1 Å². The molecule has 2 aromatic carbocycles. The van der Waals surface area contributed by atoms with Crippen LogP contribution in [0.1, 0.15) is 12.8 Å². The lowest BCUT2D eigenvalue weighted by Crippen LogP contribution is -2.40. The first-order chi connectivity index (χ1) is 15.9. The Kier molecular flexibility index (Phi) is 7.58. The smallest absolute Gasteiger partial charge is 0.251 e. The molecule has 3 aromatic rings. The number of methoxy groups -OCH3 is 1. The number of ether oxygens (including phenoxy) is 1. The maximum atomic E-state index is 13.0. The SMILES string of the molecule is COc1ccc(S(=O)(=O)N2CCC(C(=O)N=c3sc4ccccc4n3CCSC)CC2)cc1. The first-order valence-corrected chi connectivity index (χ1v) is 14.4. The van der Waals surface area contributed by atoms with E-state index in [2.05, 4.69) is 21.9 Å². The van der Waals surface area contributed by atoms with Crippen LogP contribution in [0.25, 0.3) is 10.2 Å². The molecule has 1 aliphatic rings. The van der Waals surface area contributed by atoms with Crippen molar-refractivity contribution in [2.75, 3.05) is 32.2 Å². The molecule has 1 aromatic heterocycles. The number of hydrogen-bond acceptors (Lipinski definition) is 6. The van der Waals surface area contributed by atoms with E-state index in [4.69, 9.17) is 4.74 Å². The lowest BCUT2D eigenvalue weighted by Gasteiger charge is -2.29. The van der Waals surface area contributed by atoms with Crippen molar-refractivity contribution in [2.24, 2.45) is 10.9 Å². The van der Waals surface area contributed by atoms with Gasteiger partial charge in [0.2, 0.25) is 10.0 Å². The Balaban J connectivity index is 1.49. The van der Waals surface area contributed by atoms with Crippen LogP contribution in [0.4, 0.5) is 0 Å². The number of carbonyl (C=O) groups excluding carboxylic acids is 1. The van der Waals surface area contributed by atoms with Gasteiger partial charge < -0.3 is 9.30 Å². The zero-order chi connectivity index (χ0) is 23.4. The molecule has 1 aliphatic heterocycles. The van der Waals surface area contributed by atoms with Gasteiger partial charge in [-0.2, -0.15) is 21.1 Å². The fourth-order valence-electron chi connectivity index (χ4n) is 3.93. The number of sulfonamides is 1. The number of fused-ring (bicyclic) bond motifs is 1. The summed E-state index contributed by atoms with van der Waals surface area (Å²) in [7, 11) is -2.06. The van der Waals surface area contributed by atoms with E-state index in [0.29, 0.717) is 36.5 Å². The number of aryl methyl sites for hydroxylation is 1. The summed E-state index contributed by atoms with van der Waals surface area (Å²) in [5.41, 5.74) is 1.09. The number of para-hydroxylation sites is 1. The van der Waals surface area contributed by atoms with Crippen molar-refractivity contribution >= 4 is 49.2 Å².